The van der Waals surface area contributed by atoms with Crippen molar-refractivity contribution in [3.8, 4) is 0 Å². The van der Waals surface area contributed by atoms with E-state index in [9.17, 15) is 0 Å². The van der Waals surface area contributed by atoms with E-state index in [1.165, 1.54) is 0 Å². The fourth-order valence-corrected chi connectivity index (χ4v) is 3.05. The second kappa shape index (κ2) is 76.5. The Balaban J connectivity index is -0.000000120. The summed E-state index contributed by atoms with van der Waals surface area (Å²) < 4.78 is 59.5. The van der Waals surface area contributed by atoms with E-state index < -0.39 is 6.10 Å². The third kappa shape index (κ3) is 119. The monoisotopic (exact) mass is 951 g/mol. The van der Waals surface area contributed by atoms with Crippen LogP contribution < -0.4 is 0 Å². The predicted molar refractivity (Wildman–Crippen MR) is 248 cm³/mol. The molecule has 0 aliphatic heterocycles. The molecule has 0 rings (SSSR count). The molecule has 0 radical (unpaired) electrons. The zero-order valence-electron chi connectivity index (χ0n) is 42.2. The maximum absolute atomic E-state index is 8.69. The lowest BCUT2D eigenvalue weighted by Crippen LogP contribution is -2.20. The Bertz CT molecular complexity index is 650. The first-order valence-corrected chi connectivity index (χ1v) is 22.4. The molecule has 8 N–H and O–H groups in total. The van der Waals surface area contributed by atoms with Gasteiger partial charge in [0, 0.05) is 34.5 Å². The van der Waals surface area contributed by atoms with Crippen LogP contribution in [0.3, 0.4) is 0 Å². The van der Waals surface area contributed by atoms with Crippen molar-refractivity contribution in [2.75, 3.05) is 187 Å². The van der Waals surface area contributed by atoms with Crippen LogP contribution in [0.5, 0.6) is 0 Å². The Hall–Kier alpha value is -0.800. The van der Waals surface area contributed by atoms with Gasteiger partial charge in [0.2, 0.25) is 0 Å². The van der Waals surface area contributed by atoms with Crippen molar-refractivity contribution in [3.63, 3.8) is 0 Å². The van der Waals surface area contributed by atoms with Gasteiger partial charge in [-0.3, -0.25) is 0 Å². The van der Waals surface area contributed by atoms with Gasteiger partial charge in [-0.2, -0.15) is 0 Å². The molecule has 398 valence electrons. The number of aliphatic hydroxyl groups excluding tert-OH is 8. The first kappa shape index (κ1) is 77.4. The summed E-state index contributed by atoms with van der Waals surface area (Å²) in [5, 5.41) is 67.0. The average molecular weight is 951 g/mol. The van der Waals surface area contributed by atoms with E-state index >= 15 is 0 Å². The molecule has 20 nitrogen and oxygen atoms in total. The maximum atomic E-state index is 8.69. The summed E-state index contributed by atoms with van der Waals surface area (Å²) in [5.74, 6) is 0. The van der Waals surface area contributed by atoms with Gasteiger partial charge in [-0.05, 0) is 54.4 Å². The summed E-state index contributed by atoms with van der Waals surface area (Å²) in [5.41, 5.74) is -0.108. The summed E-state index contributed by atoms with van der Waals surface area (Å²) in [6.45, 7) is 26.0. The molecule has 0 heterocycles. The SMILES string of the molecule is CC(C)(C)OCCO.CC(O)COC(C)CO.CCCCOCCO.CCCCOCCOCCOCCO.COCC(C)O.COCCOCCO.COCCOCCOCCO. The van der Waals surface area contributed by atoms with Crippen molar-refractivity contribution in [3.05, 3.63) is 0 Å². The Labute approximate surface area is 388 Å². The molecule has 64 heavy (non-hydrogen) atoms. The molecule has 0 aromatic carbocycles. The van der Waals surface area contributed by atoms with Crippen LogP contribution in [-0.4, -0.2) is 251 Å². The molecule has 0 aliphatic carbocycles. The fourth-order valence-electron chi connectivity index (χ4n) is 3.05. The van der Waals surface area contributed by atoms with E-state index in [-0.39, 0.29) is 57.5 Å². The lowest BCUT2D eigenvalue weighted by atomic mass is 10.2. The van der Waals surface area contributed by atoms with E-state index in [1.54, 1.807) is 42.1 Å². The summed E-state index contributed by atoms with van der Waals surface area (Å²) >= 11 is 0. The fraction of sp³-hybridized carbons (Fsp3) is 1.00. The topological polar surface area (TPSA) is 273 Å². The maximum Gasteiger partial charge on any atom is 0.0779 e. The number of rotatable bonds is 37. The zero-order valence-corrected chi connectivity index (χ0v) is 42.2. The van der Waals surface area contributed by atoms with Gasteiger partial charge < -0.3 is 97.7 Å². The van der Waals surface area contributed by atoms with Gasteiger partial charge in [0.25, 0.3) is 0 Å². The number of ether oxygens (including phenoxy) is 12. The lowest BCUT2D eigenvalue weighted by Gasteiger charge is -2.18. The number of unbranched alkanes of at least 4 members (excludes halogenated alkanes) is 2. The van der Waals surface area contributed by atoms with E-state index in [1.807, 2.05) is 20.8 Å². The highest BCUT2D eigenvalue weighted by Crippen LogP contribution is 2.04. The summed E-state index contributed by atoms with van der Waals surface area (Å²) in [6.07, 6.45) is 3.59. The normalized spacial score (nSPS) is 11.9. The second-order valence-electron chi connectivity index (χ2n) is 14.0. The van der Waals surface area contributed by atoms with Crippen molar-refractivity contribution in [1.82, 2.24) is 0 Å². The minimum absolute atomic E-state index is 0.00667. The van der Waals surface area contributed by atoms with Crippen molar-refractivity contribution in [2.45, 2.75) is 105 Å². The van der Waals surface area contributed by atoms with Gasteiger partial charge in [-0.1, -0.05) is 26.7 Å². The third-order valence-corrected chi connectivity index (χ3v) is 6.12. The number of hydrogen-bond acceptors (Lipinski definition) is 20. The molecule has 20 heteroatoms. The Morgan fingerprint density at radius 3 is 0.906 bits per heavy atom. The van der Waals surface area contributed by atoms with Crippen LogP contribution in [0.25, 0.3) is 0 Å². The van der Waals surface area contributed by atoms with Crippen LogP contribution in [0.2, 0.25) is 0 Å². The Morgan fingerprint density at radius 2 is 0.688 bits per heavy atom. The predicted octanol–water partition coefficient (Wildman–Crippen LogP) is 1.50. The number of hydrogen-bond donors (Lipinski definition) is 8. The van der Waals surface area contributed by atoms with Crippen molar-refractivity contribution >= 4 is 0 Å². The number of aliphatic hydroxyl groups is 8. The molecule has 3 atom stereocenters. The van der Waals surface area contributed by atoms with Gasteiger partial charge in [-0.15, -0.1) is 0 Å². The van der Waals surface area contributed by atoms with Crippen molar-refractivity contribution < 1.29 is 97.7 Å². The molecular formula is C44H102O20. The van der Waals surface area contributed by atoms with E-state index in [4.69, 9.17) is 88.2 Å². The molecule has 0 aromatic rings. The molecule has 0 saturated carbocycles. The van der Waals surface area contributed by atoms with Crippen LogP contribution in [0.4, 0.5) is 0 Å². The Kier molecular flexibility index (Phi) is 92.5. The molecule has 0 spiro atoms. The molecule has 0 saturated heterocycles. The highest BCUT2D eigenvalue weighted by atomic mass is 16.6. The molecule has 3 unspecified atom stereocenters. The third-order valence-electron chi connectivity index (χ3n) is 6.12. The van der Waals surface area contributed by atoms with Crippen LogP contribution in [0, 0.1) is 0 Å². The molecule has 0 bridgehead atoms. The number of methoxy groups -OCH3 is 3. The first-order chi connectivity index (χ1) is 30.7. The van der Waals surface area contributed by atoms with Crippen LogP contribution >= 0.6 is 0 Å². The smallest absolute Gasteiger partial charge is 0.0779 e. The molecule has 0 fully saturated rings. The summed E-state index contributed by atoms with van der Waals surface area (Å²) in [6, 6.07) is 0. The molecular weight excluding hydrogens is 848 g/mol. The van der Waals surface area contributed by atoms with E-state index in [0.717, 1.165) is 38.9 Å². The Morgan fingerprint density at radius 1 is 0.391 bits per heavy atom. The van der Waals surface area contributed by atoms with Crippen LogP contribution in [0.1, 0.15) is 81.1 Å². The van der Waals surface area contributed by atoms with Gasteiger partial charge >= 0.3 is 0 Å². The van der Waals surface area contributed by atoms with Crippen molar-refractivity contribution in [1.29, 1.82) is 0 Å². The largest absolute Gasteiger partial charge is 0.394 e. The van der Waals surface area contributed by atoms with Crippen molar-refractivity contribution in [2.24, 2.45) is 0 Å². The summed E-state index contributed by atoms with van der Waals surface area (Å²) in [4.78, 5) is 0. The first-order valence-electron chi connectivity index (χ1n) is 22.4. The highest BCUT2D eigenvalue weighted by molar-refractivity contribution is 4.57. The highest BCUT2D eigenvalue weighted by Gasteiger charge is 2.07. The average Bonchev–Trinajstić information content (AvgIpc) is 3.26. The van der Waals surface area contributed by atoms with Crippen LogP contribution in [0.15, 0.2) is 0 Å². The standard InChI is InChI=1S/C10H22O4.C7H16O4.C6H14O3.2C6H14O2.C5H12O3.C4H10O2/c1-2-3-5-12-7-9-14-10-8-13-6-4-11;1-9-4-5-11-7-6-10-3-2-8;1-5(8)4-9-6(2)3-7;1-6(2,3)8-5-4-7;1-2-3-5-8-6-4-7;1-7-4-5-8-3-2-6;1-4(5)3-6-2/h11H,2-10H2,1H3;8H,2-7H2,1H3;5-8H,3-4H2,1-2H3;7H,4-5H2,1-3H3;7H,2-6H2,1H3;6H,2-5H2,1H3;4-5H,3H2,1-2H3. The van der Waals surface area contributed by atoms with E-state index in [0.29, 0.717) is 112 Å². The van der Waals surface area contributed by atoms with Gasteiger partial charge in [-0.25, -0.2) is 0 Å². The lowest BCUT2D eigenvalue weighted by molar-refractivity contribution is -0.0199. The quantitative estimate of drug-likeness (QED) is 0.0410. The van der Waals surface area contributed by atoms with E-state index in [2.05, 4.69) is 23.3 Å². The molecule has 0 amide bonds. The minimum atomic E-state index is -0.445. The van der Waals surface area contributed by atoms with Gasteiger partial charge in [0.1, 0.15) is 0 Å². The summed E-state index contributed by atoms with van der Waals surface area (Å²) in [7, 11) is 4.81. The van der Waals surface area contributed by atoms with Gasteiger partial charge in [0.05, 0.1) is 176 Å². The van der Waals surface area contributed by atoms with Crippen LogP contribution in [-0.2, 0) is 56.8 Å². The van der Waals surface area contributed by atoms with Gasteiger partial charge in [0.15, 0.2) is 0 Å². The second-order valence-corrected chi connectivity index (χ2v) is 14.0. The minimum Gasteiger partial charge on any atom is -0.394 e. The zero-order chi connectivity index (χ0) is 50.2. The molecule has 0 aliphatic rings. The molecule has 0 aromatic heterocycles.